The van der Waals surface area contributed by atoms with Crippen LogP contribution in [0.3, 0.4) is 0 Å². The van der Waals surface area contributed by atoms with Gasteiger partial charge in [-0.15, -0.1) is 0 Å². The molecule has 0 saturated heterocycles. The van der Waals surface area contributed by atoms with Gasteiger partial charge < -0.3 is 18.8 Å². The van der Waals surface area contributed by atoms with Crippen LogP contribution in [0, 0.1) is 0 Å². The van der Waals surface area contributed by atoms with Crippen molar-refractivity contribution in [3.63, 3.8) is 0 Å². The quantitative estimate of drug-likeness (QED) is 0.154. The van der Waals surface area contributed by atoms with Gasteiger partial charge in [0.2, 0.25) is 0 Å². The molecule has 4 aliphatic heterocycles. The number of rotatable bonds is 6. The topological polar surface area (TPSA) is 16.3 Å². The molecule has 0 N–H and O–H groups in total. The fourth-order valence-electron chi connectivity index (χ4n) is 19.7. The molecular weight excluding hydrogens is 1160 g/mol. The number of fused-ring (bicyclic) bond motifs is 17. The van der Waals surface area contributed by atoms with Crippen LogP contribution in [0.25, 0.3) is 99.6 Å². The van der Waals surface area contributed by atoms with Crippen LogP contribution in [0.5, 0.6) is 0 Å². The van der Waals surface area contributed by atoms with Gasteiger partial charge in [0, 0.05) is 67.1 Å². The second kappa shape index (κ2) is 20.6. The molecule has 8 aliphatic rings. The van der Waals surface area contributed by atoms with Crippen LogP contribution in [0.1, 0.15) is 95.9 Å². The third-order valence-corrected chi connectivity index (χ3v) is 24.1. The fourth-order valence-corrected chi connectivity index (χ4v) is 19.7. The van der Waals surface area contributed by atoms with Crippen LogP contribution in [0.4, 0.5) is 34.1 Å². The maximum Gasteiger partial charge on any atom is 0.333 e. The molecule has 14 aromatic rings. The summed E-state index contributed by atoms with van der Waals surface area (Å²) < 4.78 is 5.68. The van der Waals surface area contributed by atoms with Crippen LogP contribution in [0.15, 0.2) is 231 Å². The Labute approximate surface area is 562 Å². The second-order valence-electron chi connectivity index (χ2n) is 29.2. The minimum Gasteiger partial charge on any atom is -0.374 e. The Morgan fingerprint density at radius 2 is 0.542 bits per heavy atom. The largest absolute Gasteiger partial charge is 0.374 e. The first-order valence-electron chi connectivity index (χ1n) is 36.0. The number of aromatic nitrogens is 2. The number of anilines is 6. The van der Waals surface area contributed by atoms with Gasteiger partial charge in [-0.05, 0) is 273 Å². The van der Waals surface area contributed by atoms with E-state index in [4.69, 9.17) is 0 Å². The Morgan fingerprint density at radius 3 is 0.927 bits per heavy atom. The summed E-state index contributed by atoms with van der Waals surface area (Å²) in [5.74, 6) is 0. The lowest BCUT2D eigenvalue weighted by Crippen LogP contribution is -2.56. The van der Waals surface area contributed by atoms with Crippen molar-refractivity contribution >= 4 is 103 Å². The molecule has 12 aromatic carbocycles. The third-order valence-electron chi connectivity index (χ3n) is 24.1. The molecule has 0 amide bonds. The molecule has 0 fully saturated rings. The SMILES string of the molecule is c1cc(-c2ccc3c(c2)CCCC3)cc(N2c3cc(-c4ccc5c(c4)CCCC5)ccc3B3c4c(cccc42)-c2cccc4c2n3c2c3cccc5c3n(c42)B2c3ccc(-c4ccc6c(c4)CCCC6)cc3N(c3cccc(-c4ccc6c(c4)CCCC6)c3)c3cccc-5c32)c1. The Hall–Kier alpha value is -10.3. The van der Waals surface area contributed by atoms with Crippen LogP contribution in [0.2, 0.25) is 0 Å². The van der Waals surface area contributed by atoms with Crippen molar-refractivity contribution in [2.45, 2.75) is 103 Å². The first kappa shape index (κ1) is 54.0. The maximum absolute atomic E-state index is 2.84. The first-order valence-corrected chi connectivity index (χ1v) is 36.0. The lowest BCUT2D eigenvalue weighted by atomic mass is 9.45. The molecule has 0 saturated carbocycles. The monoisotopic (exact) mass is 1230 g/mol. The van der Waals surface area contributed by atoms with Crippen molar-refractivity contribution in [2.24, 2.45) is 0 Å². The Kier molecular flexibility index (Phi) is 11.6. The van der Waals surface area contributed by atoms with Gasteiger partial charge in [-0.25, -0.2) is 0 Å². The highest BCUT2D eigenvalue weighted by molar-refractivity contribution is 6.92. The number of benzene rings is 12. The molecule has 0 atom stereocenters. The van der Waals surface area contributed by atoms with Gasteiger partial charge in [0.1, 0.15) is 0 Å². The van der Waals surface area contributed by atoms with E-state index in [1.165, 1.54) is 277 Å². The normalized spacial score (nSPS) is 15.8. The lowest BCUT2D eigenvalue weighted by molar-refractivity contribution is 0.686. The van der Waals surface area contributed by atoms with Crippen molar-refractivity contribution in [3.05, 3.63) is 275 Å². The van der Waals surface area contributed by atoms with Crippen LogP contribution >= 0.6 is 0 Å². The zero-order valence-corrected chi connectivity index (χ0v) is 54.2. The van der Waals surface area contributed by atoms with E-state index < -0.39 is 0 Å². The molecule has 456 valence electrons. The van der Waals surface area contributed by atoms with Crippen molar-refractivity contribution in [1.82, 2.24) is 8.96 Å². The summed E-state index contributed by atoms with van der Waals surface area (Å²) in [6, 6.07) is 92.1. The van der Waals surface area contributed by atoms with Gasteiger partial charge in [-0.2, -0.15) is 0 Å². The lowest BCUT2D eigenvalue weighted by Gasteiger charge is -2.41. The molecule has 22 rings (SSSR count). The number of hydrogen-bond acceptors (Lipinski definition) is 2. The van der Waals surface area contributed by atoms with Gasteiger partial charge in [-0.3, -0.25) is 0 Å². The van der Waals surface area contributed by atoms with E-state index in [-0.39, 0.29) is 13.7 Å². The average Bonchev–Trinajstić information content (AvgIpc) is 1.47. The molecule has 96 heavy (non-hydrogen) atoms. The minimum absolute atomic E-state index is 0.115. The predicted octanol–water partition coefficient (Wildman–Crippen LogP) is 19.8. The van der Waals surface area contributed by atoms with Crippen molar-refractivity contribution in [1.29, 1.82) is 0 Å². The van der Waals surface area contributed by atoms with Gasteiger partial charge in [-0.1, -0.05) is 182 Å². The van der Waals surface area contributed by atoms with E-state index in [2.05, 4.69) is 249 Å². The zero-order chi connectivity index (χ0) is 62.4. The second-order valence-corrected chi connectivity index (χ2v) is 29.2. The van der Waals surface area contributed by atoms with Gasteiger partial charge >= 0.3 is 13.7 Å². The molecule has 0 spiro atoms. The molecule has 4 nitrogen and oxygen atoms in total. The van der Waals surface area contributed by atoms with Crippen molar-refractivity contribution < 1.29 is 0 Å². The van der Waals surface area contributed by atoms with E-state index in [0.29, 0.717) is 0 Å². The highest BCUT2D eigenvalue weighted by Gasteiger charge is 2.48. The average molecular weight is 1230 g/mol. The molecule has 4 aliphatic carbocycles. The highest BCUT2D eigenvalue weighted by atomic mass is 15.2. The van der Waals surface area contributed by atoms with E-state index in [1.807, 2.05) is 0 Å². The predicted molar refractivity (Wildman–Crippen MR) is 404 cm³/mol. The molecule has 0 radical (unpaired) electrons. The Bertz CT molecular complexity index is 5390. The van der Waals surface area contributed by atoms with E-state index in [0.717, 1.165) is 25.7 Å². The molecular formula is C90H70B2N4. The molecule has 6 heteroatoms. The molecule has 0 unspecified atom stereocenters. The number of nitrogens with zero attached hydrogens (tertiary/aromatic N) is 4. The highest BCUT2D eigenvalue weighted by Crippen LogP contribution is 2.52. The van der Waals surface area contributed by atoms with Crippen molar-refractivity contribution in [3.8, 4) is 66.8 Å². The summed E-state index contributed by atoms with van der Waals surface area (Å²) in [5.41, 5.74) is 45.7. The minimum atomic E-state index is -0.115. The van der Waals surface area contributed by atoms with E-state index in [1.54, 1.807) is 0 Å². The van der Waals surface area contributed by atoms with Gasteiger partial charge in [0.05, 0.1) is 11.0 Å². The Balaban J connectivity index is 0.777. The Morgan fingerprint density at radius 1 is 0.229 bits per heavy atom. The number of aryl methyl sites for hydroxylation is 8. The van der Waals surface area contributed by atoms with Crippen molar-refractivity contribution in [2.75, 3.05) is 9.80 Å². The number of hydrogen-bond donors (Lipinski definition) is 0. The summed E-state index contributed by atoms with van der Waals surface area (Å²) in [7, 11) is 0. The summed E-state index contributed by atoms with van der Waals surface area (Å²) >= 11 is 0. The smallest absolute Gasteiger partial charge is 0.333 e. The number of para-hydroxylation sites is 2. The summed E-state index contributed by atoms with van der Waals surface area (Å²) in [6.07, 6.45) is 19.5. The zero-order valence-electron chi connectivity index (χ0n) is 54.2. The standard InChI is InChI=1S/C90H70B2N4/c1-5-19-59-47-65(39-35-55(59)15-1)63-23-9-25-71(51-63)93-81-33-13-27-73-75-29-11-31-77-87(75)95(91(85(73)81)79-45-43-69(53-83(79)93)67-41-37-57-17-3-7-21-61(57)49-67)89-78-32-12-30-76-74-28-14-34-82-86(74)92(96(88(76)78)90(77)89)80-46-44-70(68-42-38-58-18-4-8-22-62(58)50-68)54-84(80)94(82)72-26-10-24-64(52-72)66-40-36-56-16-2-6-20-60(56)48-66/h9-14,23-54H,1-8,15-22H2. The molecule has 0 bridgehead atoms. The maximum atomic E-state index is 2.84. The third kappa shape index (κ3) is 7.76. The van der Waals surface area contributed by atoms with Crippen LogP contribution in [-0.4, -0.2) is 22.7 Å². The van der Waals surface area contributed by atoms with Crippen LogP contribution < -0.4 is 31.7 Å². The summed E-state index contributed by atoms with van der Waals surface area (Å²) in [6.45, 7) is -0.230. The summed E-state index contributed by atoms with van der Waals surface area (Å²) in [4.78, 5) is 5.28. The molecule has 2 aromatic heterocycles. The first-order chi connectivity index (χ1) is 47.6. The fraction of sp³-hybridized carbons (Fsp3) is 0.178. The van der Waals surface area contributed by atoms with Gasteiger partial charge in [0.15, 0.2) is 0 Å². The summed E-state index contributed by atoms with van der Waals surface area (Å²) in [5, 5.41) is 2.61. The van der Waals surface area contributed by atoms with E-state index >= 15 is 0 Å². The van der Waals surface area contributed by atoms with Gasteiger partial charge in [0.25, 0.3) is 0 Å². The van der Waals surface area contributed by atoms with Crippen LogP contribution in [-0.2, 0) is 51.4 Å². The molecule has 6 heterocycles. The van der Waals surface area contributed by atoms with E-state index in [9.17, 15) is 0 Å².